The number of aromatic amines is 4. The second kappa shape index (κ2) is 29.5. The van der Waals surface area contributed by atoms with Gasteiger partial charge in [0.15, 0.2) is 11.3 Å². The lowest BCUT2D eigenvalue weighted by Crippen LogP contribution is -2.16. The molecule has 6 aromatic carbocycles. The van der Waals surface area contributed by atoms with Crippen LogP contribution in [-0.4, -0.2) is 39.9 Å². The van der Waals surface area contributed by atoms with E-state index < -0.39 is 0 Å². The van der Waals surface area contributed by atoms with E-state index in [0.29, 0.717) is 0 Å². The van der Waals surface area contributed by atoms with Gasteiger partial charge in [-0.3, -0.25) is 0 Å². The summed E-state index contributed by atoms with van der Waals surface area (Å²) < 4.78 is 0. The summed E-state index contributed by atoms with van der Waals surface area (Å²) in [7, 11) is 0. The number of hydrogen-bond donors (Lipinski definition) is 4. The number of fused-ring (bicyclic) bond motifs is 16. The minimum atomic E-state index is -0.164. The third-order valence-electron chi connectivity index (χ3n) is 23.9. The van der Waals surface area contributed by atoms with Gasteiger partial charge in [-0.1, -0.05) is 300 Å². The molecule has 0 radical (unpaired) electrons. The summed E-state index contributed by atoms with van der Waals surface area (Å²) in [4.78, 5) is 39.6. The average Bonchev–Trinajstić information content (AvgIpc) is 1.59. The Bertz CT molecular complexity index is 6400. The number of aromatic nitrogens is 8. The highest BCUT2D eigenvalue weighted by Crippen LogP contribution is 2.46. The van der Waals surface area contributed by atoms with Crippen LogP contribution in [0.2, 0.25) is 0 Å². The van der Waals surface area contributed by atoms with Crippen molar-refractivity contribution in [2.45, 2.75) is 209 Å². The maximum atomic E-state index is 5.88. The molecular formula is C111H115N8+. The van der Waals surface area contributed by atoms with Crippen molar-refractivity contribution in [3.05, 3.63) is 290 Å². The average molecular weight is 1560 g/mol. The van der Waals surface area contributed by atoms with Gasteiger partial charge in [-0.15, -0.1) is 0 Å². The van der Waals surface area contributed by atoms with Crippen molar-refractivity contribution in [1.82, 2.24) is 39.9 Å². The monoisotopic (exact) mass is 1560 g/mol. The number of rotatable bonds is 7. The van der Waals surface area contributed by atoms with Crippen molar-refractivity contribution < 1.29 is 0 Å². The van der Waals surface area contributed by atoms with Crippen molar-refractivity contribution in [2.75, 3.05) is 0 Å². The zero-order valence-electron chi connectivity index (χ0n) is 74.3. The SMILES string of the molecule is CC(C)(C)c1cc(-c2c3nc(c(-c4ccccc4)c4ccc([nH]4)c(-c4cc(C(C)(C)C)cc(C(C)(C)C)c4)c4nc(c(C#C[CH+]c5c6nc(c(-c7cc(C(C)(C)C)cc(C(C)(C)C)c7)c7ccc([nH]7)c(-c7ccccc7)c7nc(c(-c8cc(C(C)(C)C)cc(C(C)(C)C)c8)c8ccc5[nH]8)C=C7)C=C6)c5ccc2[nH]5)C=C4)C=C3)cc(C(C)(C)C)c1. The van der Waals surface area contributed by atoms with Gasteiger partial charge in [0.2, 0.25) is 0 Å². The van der Waals surface area contributed by atoms with E-state index >= 15 is 0 Å². The van der Waals surface area contributed by atoms with Crippen LogP contribution in [0.3, 0.4) is 0 Å². The van der Waals surface area contributed by atoms with Crippen LogP contribution in [-0.2, 0) is 43.3 Å². The van der Waals surface area contributed by atoms with Crippen LogP contribution in [0.15, 0.2) is 182 Å². The first kappa shape index (κ1) is 80.7. The summed E-state index contributed by atoms with van der Waals surface area (Å²) in [5.41, 5.74) is 36.4. The largest absolute Gasteiger partial charge is 0.354 e. The standard InChI is InChI=1S/C111H115N8/c1-104(2,3)72-54-68(55-73(62-72)105(4,5)6)100-90-42-38-82(112-90)80(83-39-43-91(113-83)101(69-56-74(106(7,8)9)63-75(57-69)107(10,11)12)95-51-47-87(117-95)98(66-32-27-25-28-33-66)86-46-50-94(100)116-86)36-31-37-81-84-40-44-92(114-84)102(70-58-76(108(13,14)15)64-77(59-70)109(16,17)18)96-52-48-88(118-96)99(67-34-29-26-30-35-67)89-49-53-97(119-89)103(93-45-41-85(81)115-93)71-60-78(110(19,20)21)65-79(61-71)111(22,23)24/h25-30,32-36,38-65,112,114,117,119H,1-24H3/q+1. The Kier molecular flexibility index (Phi) is 20.0. The van der Waals surface area contributed by atoms with Gasteiger partial charge in [0.05, 0.1) is 63.2 Å². The lowest BCUT2D eigenvalue weighted by Gasteiger charge is -2.26. The first-order valence-electron chi connectivity index (χ1n) is 42.4. The molecule has 16 bridgehead atoms. The molecule has 4 N–H and O–H groups in total. The van der Waals surface area contributed by atoms with Gasteiger partial charge >= 0.3 is 0 Å². The fourth-order valence-electron chi connectivity index (χ4n) is 16.5. The molecule has 0 saturated heterocycles. The summed E-state index contributed by atoms with van der Waals surface area (Å²) >= 11 is 0. The molecule has 12 aromatic rings. The van der Waals surface area contributed by atoms with Gasteiger partial charge in [-0.2, -0.15) is 4.98 Å². The fourth-order valence-corrected chi connectivity index (χ4v) is 16.5. The van der Waals surface area contributed by atoms with E-state index in [2.05, 4.69) is 435 Å². The summed E-state index contributed by atoms with van der Waals surface area (Å²) in [6, 6.07) is 67.7. The van der Waals surface area contributed by atoms with E-state index in [-0.39, 0.29) is 43.3 Å². The number of H-pyrrole nitrogens is 4. The van der Waals surface area contributed by atoms with Crippen molar-refractivity contribution in [3.63, 3.8) is 0 Å². The van der Waals surface area contributed by atoms with E-state index in [1.54, 1.807) is 0 Å². The summed E-state index contributed by atoms with van der Waals surface area (Å²) in [5, 5.41) is 0. The zero-order chi connectivity index (χ0) is 84.6. The summed E-state index contributed by atoms with van der Waals surface area (Å²) in [6.07, 6.45) is 19.6. The van der Waals surface area contributed by atoms with Crippen LogP contribution in [0.4, 0.5) is 0 Å². The predicted molar refractivity (Wildman–Crippen MR) is 510 cm³/mol. The van der Waals surface area contributed by atoms with Gasteiger partial charge in [0, 0.05) is 79.0 Å². The smallest absolute Gasteiger partial charge is 0.154 e. The molecule has 10 heterocycles. The van der Waals surface area contributed by atoms with E-state index in [9.17, 15) is 0 Å². The lowest BCUT2D eigenvalue weighted by atomic mass is 9.78. The van der Waals surface area contributed by atoms with E-state index in [4.69, 9.17) is 19.9 Å². The fraction of sp³-hybridized carbons (Fsp3) is 0.288. The molecule has 598 valence electrons. The van der Waals surface area contributed by atoms with E-state index in [1.807, 2.05) is 0 Å². The molecule has 4 aliphatic heterocycles. The van der Waals surface area contributed by atoms with Crippen LogP contribution in [0, 0.1) is 18.3 Å². The number of nitrogens with zero attached hydrogens (tertiary/aromatic N) is 4. The number of benzene rings is 6. The van der Waals surface area contributed by atoms with Gasteiger partial charge in [-0.05, 0) is 206 Å². The minimum Gasteiger partial charge on any atom is -0.354 e. The Morgan fingerprint density at radius 3 is 0.706 bits per heavy atom. The summed E-state index contributed by atoms with van der Waals surface area (Å²) in [5.74, 6) is 7.68. The van der Waals surface area contributed by atoms with E-state index in [1.165, 1.54) is 44.5 Å². The lowest BCUT2D eigenvalue weighted by molar-refractivity contribution is 0.568. The molecule has 0 atom stereocenters. The van der Waals surface area contributed by atoms with Gasteiger partial charge < -0.3 is 19.9 Å². The third kappa shape index (κ3) is 16.2. The maximum Gasteiger partial charge on any atom is 0.154 e. The van der Waals surface area contributed by atoms with Crippen LogP contribution in [0.25, 0.3) is 160 Å². The van der Waals surface area contributed by atoms with E-state index in [0.717, 1.165) is 168 Å². The Morgan fingerprint density at radius 2 is 0.429 bits per heavy atom. The molecule has 4 aliphatic rings. The highest BCUT2D eigenvalue weighted by atomic mass is 14.8. The second-order valence-corrected chi connectivity index (χ2v) is 41.4. The minimum absolute atomic E-state index is 0.162. The molecular weight excluding hydrogens is 1450 g/mol. The second-order valence-electron chi connectivity index (χ2n) is 41.4. The Labute approximate surface area is 705 Å². The highest BCUT2D eigenvalue weighted by Gasteiger charge is 2.31. The molecule has 119 heavy (non-hydrogen) atoms. The van der Waals surface area contributed by atoms with Gasteiger partial charge in [0.1, 0.15) is 11.1 Å². The highest BCUT2D eigenvalue weighted by molar-refractivity contribution is 6.02. The molecule has 0 spiro atoms. The summed E-state index contributed by atoms with van der Waals surface area (Å²) in [6.45, 7) is 55.4. The Balaban J connectivity index is 1.03. The Hall–Kier alpha value is -12.1. The first-order chi connectivity index (χ1) is 56.0. The van der Waals surface area contributed by atoms with Gasteiger partial charge in [0.25, 0.3) is 0 Å². The van der Waals surface area contributed by atoms with Crippen LogP contribution >= 0.6 is 0 Å². The van der Waals surface area contributed by atoms with Crippen LogP contribution in [0.1, 0.15) is 267 Å². The molecule has 0 aliphatic carbocycles. The predicted octanol–water partition coefficient (Wildman–Crippen LogP) is 29.6. The quantitative estimate of drug-likeness (QED) is 0.0940. The third-order valence-corrected chi connectivity index (χ3v) is 23.9. The van der Waals surface area contributed by atoms with Crippen LogP contribution < -0.4 is 0 Å². The zero-order valence-corrected chi connectivity index (χ0v) is 74.3. The molecule has 6 aromatic heterocycles. The molecule has 0 unspecified atom stereocenters. The molecule has 0 amide bonds. The van der Waals surface area contributed by atoms with Gasteiger partial charge in [-0.25, -0.2) is 15.0 Å². The molecule has 8 nitrogen and oxygen atoms in total. The van der Waals surface area contributed by atoms with Crippen molar-refractivity contribution >= 4 is 92.7 Å². The molecule has 16 rings (SSSR count). The van der Waals surface area contributed by atoms with Crippen LogP contribution in [0.5, 0.6) is 0 Å². The maximum absolute atomic E-state index is 5.88. The van der Waals surface area contributed by atoms with Crippen molar-refractivity contribution in [1.29, 1.82) is 0 Å². The number of hydrogen-bond acceptors (Lipinski definition) is 4. The number of nitrogens with one attached hydrogen (secondary N) is 4. The molecule has 0 saturated carbocycles. The normalized spacial score (nSPS) is 13.3. The molecule has 0 fully saturated rings. The first-order valence-corrected chi connectivity index (χ1v) is 42.4. The Morgan fingerprint density at radius 1 is 0.218 bits per heavy atom. The van der Waals surface area contributed by atoms with Crippen molar-refractivity contribution in [3.8, 4) is 78.6 Å². The topological polar surface area (TPSA) is 115 Å². The molecule has 8 heteroatoms. The van der Waals surface area contributed by atoms with Crippen molar-refractivity contribution in [2.24, 2.45) is 0 Å².